The molecule has 0 saturated carbocycles. The molecule has 1 unspecified atom stereocenters. The predicted molar refractivity (Wildman–Crippen MR) is 75.6 cm³/mol. The quantitative estimate of drug-likeness (QED) is 0.664. The van der Waals surface area contributed by atoms with Crippen LogP contribution in [0.3, 0.4) is 0 Å². The summed E-state index contributed by atoms with van der Waals surface area (Å²) >= 11 is 0. The second-order valence-corrected chi connectivity index (χ2v) is 5.18. The van der Waals surface area contributed by atoms with Gasteiger partial charge in [0.25, 0.3) is 5.91 Å². The van der Waals surface area contributed by atoms with Gasteiger partial charge in [0.2, 0.25) is 5.82 Å². The van der Waals surface area contributed by atoms with Crippen molar-refractivity contribution in [2.24, 2.45) is 5.92 Å². The Balaban J connectivity index is 1.95. The van der Waals surface area contributed by atoms with Crippen LogP contribution < -0.4 is 5.32 Å². The zero-order valence-electron chi connectivity index (χ0n) is 11.8. The van der Waals surface area contributed by atoms with Crippen molar-refractivity contribution in [3.05, 3.63) is 39.7 Å². The van der Waals surface area contributed by atoms with E-state index < -0.39 is 22.3 Å². The molecule has 1 amide bonds. The van der Waals surface area contributed by atoms with E-state index in [4.69, 9.17) is 0 Å². The van der Waals surface area contributed by atoms with Gasteiger partial charge >= 0.3 is 5.69 Å². The molecule has 0 radical (unpaired) electrons. The molecule has 1 aliphatic rings. The van der Waals surface area contributed by atoms with Gasteiger partial charge in [-0.15, -0.1) is 0 Å². The molecule has 21 heavy (non-hydrogen) atoms. The number of hydrogen-bond acceptors (Lipinski definition) is 4. The average Bonchev–Trinajstić information content (AvgIpc) is 2.93. The number of nitro groups is 1. The highest BCUT2D eigenvalue weighted by Crippen LogP contribution is 2.19. The normalized spacial score (nSPS) is 18.7. The number of nitro benzene ring substituents is 1. The molecule has 0 aliphatic carbocycles. The molecular formula is C14H18FN3O3. The zero-order chi connectivity index (χ0) is 15.4. The molecule has 1 atom stereocenters. The lowest BCUT2D eigenvalue weighted by Gasteiger charge is -2.13. The third-order valence-electron chi connectivity index (χ3n) is 3.77. The van der Waals surface area contributed by atoms with Crippen LogP contribution in [0.4, 0.5) is 10.1 Å². The van der Waals surface area contributed by atoms with Crippen LogP contribution in [-0.4, -0.2) is 41.9 Å². The fourth-order valence-corrected chi connectivity index (χ4v) is 2.50. The van der Waals surface area contributed by atoms with Crippen molar-refractivity contribution in [2.45, 2.75) is 13.3 Å². The number of halogens is 1. The molecule has 1 aromatic rings. The second kappa shape index (κ2) is 6.62. The lowest BCUT2D eigenvalue weighted by atomic mass is 10.1. The van der Waals surface area contributed by atoms with E-state index >= 15 is 0 Å². The van der Waals surface area contributed by atoms with Crippen LogP contribution in [0.25, 0.3) is 0 Å². The Morgan fingerprint density at radius 3 is 2.95 bits per heavy atom. The first-order chi connectivity index (χ1) is 10.0. The van der Waals surface area contributed by atoms with Gasteiger partial charge in [0.15, 0.2) is 0 Å². The Morgan fingerprint density at radius 1 is 1.57 bits per heavy atom. The Bertz CT molecular complexity index is 550. The highest BCUT2D eigenvalue weighted by molar-refractivity contribution is 5.94. The molecule has 1 N–H and O–H groups in total. The summed E-state index contributed by atoms with van der Waals surface area (Å²) in [6.07, 6.45) is 1.03. The number of benzene rings is 1. The van der Waals surface area contributed by atoms with Crippen LogP contribution in [0.2, 0.25) is 0 Å². The Hall–Kier alpha value is -2.02. The molecule has 0 aromatic heterocycles. The minimum absolute atomic E-state index is 0.105. The summed E-state index contributed by atoms with van der Waals surface area (Å²) in [5.74, 6) is -0.955. The molecule has 1 fully saturated rings. The van der Waals surface area contributed by atoms with E-state index in [1.165, 1.54) is 6.07 Å². The van der Waals surface area contributed by atoms with E-state index in [0.29, 0.717) is 12.5 Å². The Kier molecular flexibility index (Phi) is 4.85. The van der Waals surface area contributed by atoms with Gasteiger partial charge in [-0.25, -0.2) is 0 Å². The summed E-state index contributed by atoms with van der Waals surface area (Å²) < 4.78 is 13.2. The number of nitrogens with zero attached hydrogens (tertiary/aromatic N) is 2. The van der Waals surface area contributed by atoms with Gasteiger partial charge in [-0.05, 0) is 37.6 Å². The van der Waals surface area contributed by atoms with Crippen LogP contribution in [0.5, 0.6) is 0 Å². The van der Waals surface area contributed by atoms with Crippen molar-refractivity contribution in [3.63, 3.8) is 0 Å². The molecule has 114 valence electrons. The molecule has 1 aromatic carbocycles. The van der Waals surface area contributed by atoms with Crippen molar-refractivity contribution in [2.75, 3.05) is 26.2 Å². The van der Waals surface area contributed by atoms with E-state index in [0.717, 1.165) is 38.2 Å². The van der Waals surface area contributed by atoms with E-state index in [1.807, 2.05) is 0 Å². The van der Waals surface area contributed by atoms with Gasteiger partial charge < -0.3 is 10.2 Å². The maximum atomic E-state index is 13.2. The van der Waals surface area contributed by atoms with Gasteiger partial charge in [0.05, 0.1) is 4.92 Å². The first-order valence-electron chi connectivity index (χ1n) is 6.95. The van der Waals surface area contributed by atoms with Crippen LogP contribution in [0.1, 0.15) is 23.7 Å². The van der Waals surface area contributed by atoms with Crippen molar-refractivity contribution < 1.29 is 14.1 Å². The average molecular weight is 295 g/mol. The minimum Gasteiger partial charge on any atom is -0.352 e. The Labute approximate surface area is 122 Å². The van der Waals surface area contributed by atoms with Crippen LogP contribution in [-0.2, 0) is 0 Å². The van der Waals surface area contributed by atoms with Crippen LogP contribution in [0, 0.1) is 21.8 Å². The maximum absolute atomic E-state index is 13.2. The number of likely N-dealkylation sites (tertiary alicyclic amines) is 1. The van der Waals surface area contributed by atoms with E-state index in [1.54, 1.807) is 0 Å². The monoisotopic (exact) mass is 295 g/mol. The van der Waals surface area contributed by atoms with Gasteiger partial charge in [-0.2, -0.15) is 4.39 Å². The summed E-state index contributed by atoms with van der Waals surface area (Å²) in [6, 6.07) is 3.17. The maximum Gasteiger partial charge on any atom is 0.305 e. The van der Waals surface area contributed by atoms with Gasteiger partial charge in [0, 0.05) is 24.7 Å². The first kappa shape index (κ1) is 15.4. The third-order valence-corrected chi connectivity index (χ3v) is 3.77. The van der Waals surface area contributed by atoms with Crippen molar-refractivity contribution in [1.82, 2.24) is 10.2 Å². The molecule has 2 rings (SSSR count). The molecule has 1 heterocycles. The predicted octanol–water partition coefficient (Wildman–Crippen LogP) is 1.81. The number of amides is 1. The molecule has 6 nitrogen and oxygen atoms in total. The zero-order valence-corrected chi connectivity index (χ0v) is 11.8. The third kappa shape index (κ3) is 3.75. The van der Waals surface area contributed by atoms with Crippen molar-refractivity contribution >= 4 is 11.6 Å². The molecular weight excluding hydrogens is 277 g/mol. The highest BCUT2D eigenvalue weighted by Gasteiger charge is 2.22. The standard InChI is InChI=1S/C14H18FN3O3/c1-2-17-6-5-10(9-17)8-16-14(19)11-3-4-12(15)13(7-11)18(20)21/h3-4,7,10H,2,5-6,8-9H2,1H3,(H,16,19). The number of nitrogens with one attached hydrogen (secondary N) is 1. The summed E-state index contributed by atoms with van der Waals surface area (Å²) in [5.41, 5.74) is -0.575. The number of hydrogen-bond donors (Lipinski definition) is 1. The van der Waals surface area contributed by atoms with E-state index in [9.17, 15) is 19.3 Å². The van der Waals surface area contributed by atoms with E-state index in [-0.39, 0.29) is 5.56 Å². The summed E-state index contributed by atoms with van der Waals surface area (Å²) in [6.45, 7) is 5.59. The SMILES string of the molecule is CCN1CCC(CNC(=O)c2ccc(F)c([N+](=O)[O-])c2)C1. The molecule has 0 spiro atoms. The van der Waals surface area contributed by atoms with Crippen molar-refractivity contribution in [3.8, 4) is 0 Å². The lowest BCUT2D eigenvalue weighted by Crippen LogP contribution is -2.31. The van der Waals surface area contributed by atoms with Crippen LogP contribution >= 0.6 is 0 Å². The Morgan fingerprint density at radius 2 is 2.33 bits per heavy atom. The van der Waals surface area contributed by atoms with E-state index in [2.05, 4.69) is 17.1 Å². The molecule has 0 bridgehead atoms. The lowest BCUT2D eigenvalue weighted by molar-refractivity contribution is -0.387. The summed E-state index contributed by atoms with van der Waals surface area (Å²) in [4.78, 5) is 24.1. The van der Waals surface area contributed by atoms with Gasteiger partial charge in [-0.3, -0.25) is 14.9 Å². The fourth-order valence-electron chi connectivity index (χ4n) is 2.50. The first-order valence-corrected chi connectivity index (χ1v) is 6.95. The summed E-state index contributed by atoms with van der Waals surface area (Å²) in [7, 11) is 0. The van der Waals surface area contributed by atoms with Gasteiger partial charge in [0.1, 0.15) is 0 Å². The second-order valence-electron chi connectivity index (χ2n) is 5.18. The van der Waals surface area contributed by atoms with Crippen molar-refractivity contribution in [1.29, 1.82) is 0 Å². The molecule has 7 heteroatoms. The number of carbonyl (C=O) groups is 1. The highest BCUT2D eigenvalue weighted by atomic mass is 19.1. The largest absolute Gasteiger partial charge is 0.352 e. The smallest absolute Gasteiger partial charge is 0.305 e. The molecule has 1 saturated heterocycles. The molecule has 1 aliphatic heterocycles. The summed E-state index contributed by atoms with van der Waals surface area (Å²) in [5, 5.41) is 13.4. The topological polar surface area (TPSA) is 75.5 Å². The number of carbonyl (C=O) groups excluding carboxylic acids is 1. The van der Waals surface area contributed by atoms with Crippen LogP contribution in [0.15, 0.2) is 18.2 Å². The minimum atomic E-state index is -0.939. The van der Waals surface area contributed by atoms with Gasteiger partial charge in [-0.1, -0.05) is 6.92 Å². The number of rotatable bonds is 5. The fraction of sp³-hybridized carbons (Fsp3) is 0.500.